The molecule has 0 saturated carbocycles. The quantitative estimate of drug-likeness (QED) is 0.639. The van der Waals surface area contributed by atoms with Gasteiger partial charge in [-0.05, 0) is 12.3 Å². The zero-order valence-electron chi connectivity index (χ0n) is 7.92. The second kappa shape index (κ2) is 3.73. The maximum absolute atomic E-state index is 10.1. The van der Waals surface area contributed by atoms with E-state index in [0.717, 1.165) is 6.42 Å². The van der Waals surface area contributed by atoms with E-state index in [-0.39, 0.29) is 6.04 Å². The lowest BCUT2D eigenvalue weighted by Crippen LogP contribution is -2.55. The zero-order valence-corrected chi connectivity index (χ0v) is 7.92. The van der Waals surface area contributed by atoms with Gasteiger partial charge in [-0.2, -0.15) is 0 Å². The Morgan fingerprint density at radius 1 is 1.67 bits per heavy atom. The van der Waals surface area contributed by atoms with Crippen molar-refractivity contribution in [2.75, 3.05) is 13.2 Å². The summed E-state index contributed by atoms with van der Waals surface area (Å²) >= 11 is 0. The number of nitrogens with two attached hydrogens (primary N) is 1. The van der Waals surface area contributed by atoms with Crippen LogP contribution in [0.1, 0.15) is 26.7 Å². The van der Waals surface area contributed by atoms with Crippen LogP contribution in [0.25, 0.3) is 0 Å². The molecule has 0 aromatic heterocycles. The van der Waals surface area contributed by atoms with Gasteiger partial charge in [0, 0.05) is 13.0 Å². The molecule has 0 aliphatic carbocycles. The topological polar surface area (TPSA) is 55.5 Å². The average molecular weight is 173 g/mol. The van der Waals surface area contributed by atoms with Crippen LogP contribution in [0.4, 0.5) is 0 Å². The summed E-state index contributed by atoms with van der Waals surface area (Å²) in [5.41, 5.74) is 5.10. The molecule has 0 bridgehead atoms. The second-order valence-electron chi connectivity index (χ2n) is 4.13. The highest BCUT2D eigenvalue weighted by Gasteiger charge is 2.37. The Kier molecular flexibility index (Phi) is 3.09. The molecule has 1 aliphatic heterocycles. The number of hydrogen-bond acceptors (Lipinski definition) is 3. The maximum Gasteiger partial charge on any atom is 0.0844 e. The van der Waals surface area contributed by atoms with Crippen molar-refractivity contribution in [3.05, 3.63) is 0 Å². The Balaban J connectivity index is 2.53. The van der Waals surface area contributed by atoms with Gasteiger partial charge in [-0.15, -0.1) is 0 Å². The van der Waals surface area contributed by atoms with Gasteiger partial charge in [-0.25, -0.2) is 0 Å². The third kappa shape index (κ3) is 2.19. The first kappa shape index (κ1) is 9.96. The lowest BCUT2D eigenvalue weighted by Gasteiger charge is -2.38. The van der Waals surface area contributed by atoms with E-state index in [1.807, 2.05) is 0 Å². The molecule has 1 fully saturated rings. The van der Waals surface area contributed by atoms with E-state index in [4.69, 9.17) is 10.5 Å². The highest BCUT2D eigenvalue weighted by atomic mass is 16.5. The molecule has 3 N–H and O–H groups in total. The highest BCUT2D eigenvalue weighted by Crippen LogP contribution is 2.26. The average Bonchev–Trinajstić information content (AvgIpc) is 1.94. The summed E-state index contributed by atoms with van der Waals surface area (Å²) in [5.74, 6) is 0.485. The van der Waals surface area contributed by atoms with Gasteiger partial charge < -0.3 is 15.6 Å². The first-order valence-corrected chi connectivity index (χ1v) is 4.60. The van der Waals surface area contributed by atoms with Crippen LogP contribution in [0.5, 0.6) is 0 Å². The van der Waals surface area contributed by atoms with Crippen LogP contribution < -0.4 is 5.73 Å². The number of ether oxygens (including phenoxy) is 1. The standard InChI is InChI=1S/C9H19NO2/c1-7(2)5-9(11)3-4-12-6-8(9)10/h7-8,11H,3-6,10H2,1-2H3. The van der Waals surface area contributed by atoms with Gasteiger partial charge in [0.2, 0.25) is 0 Å². The molecule has 2 atom stereocenters. The molecule has 72 valence electrons. The molecule has 0 amide bonds. The summed E-state index contributed by atoms with van der Waals surface area (Å²) < 4.78 is 5.17. The Bertz CT molecular complexity index is 149. The molecule has 1 heterocycles. The van der Waals surface area contributed by atoms with Crippen molar-refractivity contribution in [1.29, 1.82) is 0 Å². The van der Waals surface area contributed by atoms with Crippen LogP contribution in [-0.4, -0.2) is 30.0 Å². The van der Waals surface area contributed by atoms with Crippen molar-refractivity contribution in [1.82, 2.24) is 0 Å². The Morgan fingerprint density at radius 3 is 2.83 bits per heavy atom. The fourth-order valence-electron chi connectivity index (χ4n) is 1.76. The molecule has 1 aliphatic rings. The lowest BCUT2D eigenvalue weighted by atomic mass is 9.82. The summed E-state index contributed by atoms with van der Waals surface area (Å²) in [5, 5.41) is 10.1. The fraction of sp³-hybridized carbons (Fsp3) is 1.00. The van der Waals surface area contributed by atoms with Gasteiger partial charge in [-0.3, -0.25) is 0 Å². The molecule has 1 rings (SSSR count). The SMILES string of the molecule is CC(C)CC1(O)CCOCC1N. The third-order valence-corrected chi connectivity index (χ3v) is 2.43. The second-order valence-corrected chi connectivity index (χ2v) is 4.13. The predicted octanol–water partition coefficient (Wildman–Crippen LogP) is 0.511. The fourth-order valence-corrected chi connectivity index (χ4v) is 1.76. The first-order chi connectivity index (χ1) is 5.54. The summed E-state index contributed by atoms with van der Waals surface area (Å²) in [6.45, 7) is 5.32. The highest BCUT2D eigenvalue weighted by molar-refractivity contribution is 4.92. The van der Waals surface area contributed by atoms with E-state index >= 15 is 0 Å². The van der Waals surface area contributed by atoms with Crippen LogP contribution in [0.3, 0.4) is 0 Å². The smallest absolute Gasteiger partial charge is 0.0844 e. The van der Waals surface area contributed by atoms with Gasteiger partial charge in [0.25, 0.3) is 0 Å². The maximum atomic E-state index is 10.1. The van der Waals surface area contributed by atoms with E-state index in [1.165, 1.54) is 0 Å². The molecule has 12 heavy (non-hydrogen) atoms. The number of rotatable bonds is 2. The molecule has 2 unspecified atom stereocenters. The van der Waals surface area contributed by atoms with Gasteiger partial charge >= 0.3 is 0 Å². The van der Waals surface area contributed by atoms with Crippen LogP contribution >= 0.6 is 0 Å². The third-order valence-electron chi connectivity index (χ3n) is 2.43. The minimum absolute atomic E-state index is 0.214. The summed E-state index contributed by atoms with van der Waals surface area (Å²) in [4.78, 5) is 0. The largest absolute Gasteiger partial charge is 0.388 e. The normalized spacial score (nSPS) is 37.2. The zero-order chi connectivity index (χ0) is 9.19. The van der Waals surface area contributed by atoms with E-state index < -0.39 is 5.60 Å². The molecule has 0 aromatic carbocycles. The molecule has 3 heteroatoms. The Morgan fingerprint density at radius 2 is 2.33 bits per heavy atom. The lowest BCUT2D eigenvalue weighted by molar-refractivity contribution is -0.0902. The Labute approximate surface area is 73.9 Å². The monoisotopic (exact) mass is 173 g/mol. The van der Waals surface area contributed by atoms with Crippen molar-refractivity contribution >= 4 is 0 Å². The Hall–Kier alpha value is -0.120. The summed E-state index contributed by atoms with van der Waals surface area (Å²) in [6.07, 6.45) is 1.45. The van der Waals surface area contributed by atoms with E-state index in [9.17, 15) is 5.11 Å². The van der Waals surface area contributed by atoms with Crippen molar-refractivity contribution in [3.8, 4) is 0 Å². The molecule has 0 radical (unpaired) electrons. The van der Waals surface area contributed by atoms with Crippen LogP contribution in [0.2, 0.25) is 0 Å². The molecular weight excluding hydrogens is 154 g/mol. The summed E-state index contributed by atoms with van der Waals surface area (Å²) in [7, 11) is 0. The van der Waals surface area contributed by atoms with E-state index in [1.54, 1.807) is 0 Å². The number of aliphatic hydroxyl groups is 1. The van der Waals surface area contributed by atoms with Gasteiger partial charge in [0.15, 0.2) is 0 Å². The molecular formula is C9H19NO2. The molecule has 0 spiro atoms. The number of hydrogen-bond donors (Lipinski definition) is 2. The summed E-state index contributed by atoms with van der Waals surface area (Å²) in [6, 6.07) is -0.214. The first-order valence-electron chi connectivity index (χ1n) is 4.60. The minimum Gasteiger partial charge on any atom is -0.388 e. The van der Waals surface area contributed by atoms with Gasteiger partial charge in [0.1, 0.15) is 0 Å². The molecule has 3 nitrogen and oxygen atoms in total. The van der Waals surface area contributed by atoms with Crippen LogP contribution in [-0.2, 0) is 4.74 Å². The van der Waals surface area contributed by atoms with E-state index in [2.05, 4.69) is 13.8 Å². The van der Waals surface area contributed by atoms with Gasteiger partial charge in [-0.1, -0.05) is 13.8 Å². The molecule has 0 aromatic rings. The van der Waals surface area contributed by atoms with Crippen molar-refractivity contribution < 1.29 is 9.84 Å². The van der Waals surface area contributed by atoms with Crippen molar-refractivity contribution in [2.24, 2.45) is 11.7 Å². The van der Waals surface area contributed by atoms with Crippen molar-refractivity contribution in [2.45, 2.75) is 38.3 Å². The minimum atomic E-state index is -0.688. The predicted molar refractivity (Wildman–Crippen MR) is 47.8 cm³/mol. The molecule has 1 saturated heterocycles. The van der Waals surface area contributed by atoms with Gasteiger partial charge in [0.05, 0.1) is 18.2 Å². The van der Waals surface area contributed by atoms with Crippen LogP contribution in [0, 0.1) is 5.92 Å². The van der Waals surface area contributed by atoms with Crippen molar-refractivity contribution in [3.63, 3.8) is 0 Å². The van der Waals surface area contributed by atoms with E-state index in [0.29, 0.717) is 25.6 Å². The van der Waals surface area contributed by atoms with Crippen LogP contribution in [0.15, 0.2) is 0 Å².